The first kappa shape index (κ1) is 22.1. The van der Waals surface area contributed by atoms with Crippen LogP contribution in [0.5, 0.6) is 0 Å². The minimum absolute atomic E-state index is 0.163. The van der Waals surface area contributed by atoms with Gasteiger partial charge < -0.3 is 9.30 Å². The minimum Gasteiger partial charge on any atom is -0.465 e. The maximum Gasteiger partial charge on any atom is 0.326 e. The van der Waals surface area contributed by atoms with E-state index in [1.54, 1.807) is 31.3 Å². The lowest BCUT2D eigenvalue weighted by Crippen LogP contribution is -2.34. The number of nitrogens with zero attached hydrogens (tertiary/aromatic N) is 2. The Labute approximate surface area is 192 Å². The highest BCUT2D eigenvalue weighted by Gasteiger charge is 2.36. The first-order valence-electron chi connectivity index (χ1n) is 9.80. The molecule has 32 heavy (non-hydrogen) atoms. The summed E-state index contributed by atoms with van der Waals surface area (Å²) < 4.78 is 21.0. The van der Waals surface area contributed by atoms with E-state index in [1.165, 1.54) is 6.07 Å². The number of hydrogen-bond acceptors (Lipinski definition) is 5. The lowest BCUT2D eigenvalue weighted by atomic mass is 10.1. The van der Waals surface area contributed by atoms with Gasteiger partial charge in [0, 0.05) is 33.2 Å². The highest BCUT2D eigenvalue weighted by atomic mass is 35.5. The van der Waals surface area contributed by atoms with Crippen molar-refractivity contribution in [2.75, 3.05) is 13.2 Å². The summed E-state index contributed by atoms with van der Waals surface area (Å²) in [4.78, 5) is 37.8. The van der Waals surface area contributed by atoms with Crippen LogP contribution in [0.4, 0.5) is 9.18 Å². The van der Waals surface area contributed by atoms with Crippen molar-refractivity contribution >= 4 is 57.5 Å². The van der Waals surface area contributed by atoms with Crippen molar-refractivity contribution < 1.29 is 23.5 Å². The first-order chi connectivity index (χ1) is 15.4. The molecular formula is C23H18ClFN2O4S. The number of hydrogen-bond donors (Lipinski definition) is 0. The summed E-state index contributed by atoms with van der Waals surface area (Å²) in [5.74, 6) is -1.60. The van der Waals surface area contributed by atoms with E-state index in [0.717, 1.165) is 27.6 Å². The number of carbonyl (C=O) groups is 3. The molecule has 0 saturated carbocycles. The molecule has 1 aliphatic heterocycles. The molecule has 0 N–H and O–H groups in total. The lowest BCUT2D eigenvalue weighted by molar-refractivity contribution is -0.145. The van der Waals surface area contributed by atoms with E-state index in [-0.39, 0.29) is 18.1 Å². The molecule has 6 nitrogen and oxygen atoms in total. The molecule has 0 atom stereocenters. The molecule has 0 bridgehead atoms. The van der Waals surface area contributed by atoms with Gasteiger partial charge in [0.25, 0.3) is 11.1 Å². The van der Waals surface area contributed by atoms with Gasteiger partial charge in [-0.1, -0.05) is 35.9 Å². The second-order valence-corrected chi connectivity index (χ2v) is 8.40. The number of imide groups is 1. The Balaban J connectivity index is 1.69. The zero-order valence-electron chi connectivity index (χ0n) is 17.0. The smallest absolute Gasteiger partial charge is 0.326 e. The predicted molar refractivity (Wildman–Crippen MR) is 122 cm³/mol. The van der Waals surface area contributed by atoms with E-state index in [9.17, 15) is 18.8 Å². The topological polar surface area (TPSA) is 68.6 Å². The van der Waals surface area contributed by atoms with Crippen molar-refractivity contribution in [3.8, 4) is 0 Å². The van der Waals surface area contributed by atoms with Gasteiger partial charge in [-0.25, -0.2) is 4.39 Å². The minimum atomic E-state index is -0.644. The maximum atomic E-state index is 14.3. The third-order valence-electron chi connectivity index (χ3n) is 4.96. The van der Waals surface area contributed by atoms with Crippen molar-refractivity contribution in [1.29, 1.82) is 0 Å². The number of esters is 1. The Morgan fingerprint density at radius 1 is 1.19 bits per heavy atom. The Morgan fingerprint density at radius 2 is 1.97 bits per heavy atom. The van der Waals surface area contributed by atoms with Crippen LogP contribution in [0.15, 0.2) is 53.6 Å². The maximum absolute atomic E-state index is 14.3. The van der Waals surface area contributed by atoms with Crippen LogP contribution in [0, 0.1) is 5.82 Å². The molecule has 1 fully saturated rings. The second-order valence-electron chi connectivity index (χ2n) is 7.00. The molecule has 4 rings (SSSR count). The number of rotatable bonds is 6. The van der Waals surface area contributed by atoms with Gasteiger partial charge >= 0.3 is 5.97 Å². The van der Waals surface area contributed by atoms with Crippen molar-refractivity contribution in [2.24, 2.45) is 0 Å². The number of benzene rings is 2. The number of fused-ring (bicyclic) bond motifs is 1. The van der Waals surface area contributed by atoms with Crippen LogP contribution in [0.3, 0.4) is 0 Å². The van der Waals surface area contributed by atoms with Crippen LogP contribution in [0.2, 0.25) is 5.02 Å². The molecule has 2 heterocycles. The molecule has 0 aliphatic carbocycles. The molecule has 0 spiro atoms. The molecule has 1 aliphatic rings. The highest BCUT2D eigenvalue weighted by Crippen LogP contribution is 2.34. The van der Waals surface area contributed by atoms with Gasteiger partial charge in [0.15, 0.2) is 0 Å². The fourth-order valence-electron chi connectivity index (χ4n) is 3.49. The van der Waals surface area contributed by atoms with Crippen LogP contribution in [0.1, 0.15) is 18.1 Å². The SMILES string of the molecule is CCOC(=O)CN1C(=O)S/C(=C/c2cn(Cc3c(F)cccc3Cl)c3ccccc23)C1=O. The van der Waals surface area contributed by atoms with Gasteiger partial charge in [-0.15, -0.1) is 0 Å². The van der Waals surface area contributed by atoms with Crippen LogP contribution < -0.4 is 0 Å². The summed E-state index contributed by atoms with van der Waals surface area (Å²) in [6.07, 6.45) is 3.39. The standard InChI is InChI=1S/C23H18ClFN2O4S/c1-2-31-21(28)13-27-22(29)20(32-23(27)30)10-14-11-26(19-9-4-3-6-15(14)19)12-16-17(24)7-5-8-18(16)25/h3-11H,2,12-13H2,1H3/b20-10+. The number of para-hydroxylation sites is 1. The van der Waals surface area contributed by atoms with E-state index >= 15 is 0 Å². The molecule has 2 aromatic carbocycles. The number of thioether (sulfide) groups is 1. The zero-order valence-corrected chi connectivity index (χ0v) is 18.6. The molecule has 164 valence electrons. The predicted octanol–water partition coefficient (Wildman–Crippen LogP) is 5.08. The summed E-state index contributed by atoms with van der Waals surface area (Å²) in [6, 6.07) is 12.0. The molecule has 0 unspecified atom stereocenters. The monoisotopic (exact) mass is 472 g/mol. The molecule has 1 aromatic heterocycles. The summed E-state index contributed by atoms with van der Waals surface area (Å²) >= 11 is 6.96. The third-order valence-corrected chi connectivity index (χ3v) is 6.22. The van der Waals surface area contributed by atoms with Crippen LogP contribution in [-0.2, 0) is 20.9 Å². The first-order valence-corrected chi connectivity index (χ1v) is 11.0. The van der Waals surface area contributed by atoms with E-state index in [2.05, 4.69) is 0 Å². The van der Waals surface area contributed by atoms with Crippen molar-refractivity contribution in [3.05, 3.63) is 75.5 Å². The van der Waals surface area contributed by atoms with Crippen LogP contribution >= 0.6 is 23.4 Å². The van der Waals surface area contributed by atoms with Gasteiger partial charge in [0.05, 0.1) is 18.1 Å². The number of amides is 2. The van der Waals surface area contributed by atoms with Gasteiger partial charge in [-0.05, 0) is 43.0 Å². The number of aromatic nitrogens is 1. The molecule has 3 aromatic rings. The molecule has 1 saturated heterocycles. The van der Waals surface area contributed by atoms with Crippen molar-refractivity contribution in [3.63, 3.8) is 0 Å². The highest BCUT2D eigenvalue weighted by molar-refractivity contribution is 8.18. The number of carbonyl (C=O) groups excluding carboxylic acids is 3. The quantitative estimate of drug-likeness (QED) is 0.369. The number of halogens is 2. The van der Waals surface area contributed by atoms with Gasteiger partial charge in [0.1, 0.15) is 12.4 Å². The van der Waals surface area contributed by atoms with Gasteiger partial charge in [-0.3, -0.25) is 19.3 Å². The Bertz CT molecular complexity index is 1250. The van der Waals surface area contributed by atoms with E-state index in [4.69, 9.17) is 16.3 Å². The Kier molecular flexibility index (Phi) is 6.34. The fraction of sp³-hybridized carbons (Fsp3) is 0.174. The van der Waals surface area contributed by atoms with E-state index in [0.29, 0.717) is 16.1 Å². The van der Waals surface area contributed by atoms with Gasteiger partial charge in [0.2, 0.25) is 0 Å². The van der Waals surface area contributed by atoms with E-state index < -0.39 is 29.5 Å². The average Bonchev–Trinajstić information content (AvgIpc) is 3.23. The Hall–Kier alpha value is -3.10. The summed E-state index contributed by atoms with van der Waals surface area (Å²) in [7, 11) is 0. The summed E-state index contributed by atoms with van der Waals surface area (Å²) in [6.45, 7) is 1.58. The molecule has 9 heteroatoms. The third kappa shape index (κ3) is 4.28. The fourth-order valence-corrected chi connectivity index (χ4v) is 4.54. The lowest BCUT2D eigenvalue weighted by Gasteiger charge is -2.10. The van der Waals surface area contributed by atoms with Crippen molar-refractivity contribution in [1.82, 2.24) is 9.47 Å². The number of ether oxygens (including phenoxy) is 1. The molecular weight excluding hydrogens is 455 g/mol. The van der Waals surface area contributed by atoms with Crippen LogP contribution in [0.25, 0.3) is 17.0 Å². The molecule has 0 radical (unpaired) electrons. The zero-order chi connectivity index (χ0) is 22.8. The average molecular weight is 473 g/mol. The summed E-state index contributed by atoms with van der Waals surface area (Å²) in [5, 5.41) is 0.623. The van der Waals surface area contributed by atoms with Crippen molar-refractivity contribution in [2.45, 2.75) is 13.5 Å². The van der Waals surface area contributed by atoms with Gasteiger partial charge in [-0.2, -0.15) is 0 Å². The Morgan fingerprint density at radius 3 is 2.72 bits per heavy atom. The van der Waals surface area contributed by atoms with Crippen LogP contribution in [-0.4, -0.2) is 39.7 Å². The summed E-state index contributed by atoms with van der Waals surface area (Å²) in [5.41, 5.74) is 1.87. The normalized spacial score (nSPS) is 15.2. The van der Waals surface area contributed by atoms with E-state index in [1.807, 2.05) is 28.8 Å². The second kappa shape index (κ2) is 9.18. The largest absolute Gasteiger partial charge is 0.465 e. The molecule has 2 amide bonds.